The van der Waals surface area contributed by atoms with Crippen molar-refractivity contribution in [3.8, 4) is 5.75 Å². The molecule has 1 saturated carbocycles. The number of hydrogen-bond donors (Lipinski definition) is 1. The fraction of sp³-hybridized carbons (Fsp3) is 0.684. The van der Waals surface area contributed by atoms with E-state index in [2.05, 4.69) is 64.3 Å². The Morgan fingerprint density at radius 1 is 1.24 bits per heavy atom. The van der Waals surface area contributed by atoms with Gasteiger partial charge in [0.15, 0.2) is 0 Å². The van der Waals surface area contributed by atoms with Crippen molar-refractivity contribution in [2.45, 2.75) is 71.4 Å². The van der Waals surface area contributed by atoms with E-state index in [0.717, 1.165) is 18.6 Å². The van der Waals surface area contributed by atoms with Gasteiger partial charge in [-0.25, -0.2) is 0 Å². The van der Waals surface area contributed by atoms with E-state index in [9.17, 15) is 0 Å². The lowest BCUT2D eigenvalue weighted by atomic mass is 9.58. The molecule has 0 heterocycles. The molecule has 3 unspecified atom stereocenters. The smallest absolute Gasteiger partial charge is 0.123 e. The van der Waals surface area contributed by atoms with Gasteiger partial charge in [0.1, 0.15) is 11.9 Å². The number of ether oxygens (including phenoxy) is 1. The van der Waals surface area contributed by atoms with Crippen LogP contribution in [0.4, 0.5) is 0 Å². The summed E-state index contributed by atoms with van der Waals surface area (Å²) in [4.78, 5) is 0. The minimum Gasteiger partial charge on any atom is -0.489 e. The molecule has 2 nitrogen and oxygen atoms in total. The Balaban J connectivity index is 2.19. The lowest BCUT2D eigenvalue weighted by Crippen LogP contribution is -2.63. The van der Waals surface area contributed by atoms with Crippen LogP contribution in [0.25, 0.3) is 0 Å². The van der Waals surface area contributed by atoms with Gasteiger partial charge < -0.3 is 10.1 Å². The Kier molecular flexibility index (Phi) is 5.32. The Morgan fingerprint density at radius 3 is 2.48 bits per heavy atom. The first-order valence-corrected chi connectivity index (χ1v) is 8.55. The highest BCUT2D eigenvalue weighted by Gasteiger charge is 2.53. The third kappa shape index (κ3) is 2.83. The third-order valence-electron chi connectivity index (χ3n) is 5.78. The van der Waals surface area contributed by atoms with Crippen molar-refractivity contribution in [2.24, 2.45) is 5.41 Å². The summed E-state index contributed by atoms with van der Waals surface area (Å²) >= 11 is 0. The van der Waals surface area contributed by atoms with Crippen LogP contribution in [0.5, 0.6) is 5.75 Å². The molecular formula is C19H31NO. The molecular weight excluding hydrogens is 258 g/mol. The minimum absolute atomic E-state index is 0.289. The maximum atomic E-state index is 6.49. The molecule has 0 radical (unpaired) electrons. The van der Waals surface area contributed by atoms with Crippen LogP contribution in [0.2, 0.25) is 0 Å². The summed E-state index contributed by atoms with van der Waals surface area (Å²) in [6, 6.07) is 9.17. The summed E-state index contributed by atoms with van der Waals surface area (Å²) in [5.41, 5.74) is 1.64. The maximum Gasteiger partial charge on any atom is 0.123 e. The van der Waals surface area contributed by atoms with Gasteiger partial charge in [-0.3, -0.25) is 0 Å². The average Bonchev–Trinajstić information content (AvgIpc) is 2.52. The second-order valence-electron chi connectivity index (χ2n) is 6.47. The van der Waals surface area contributed by atoms with E-state index in [4.69, 9.17) is 4.74 Å². The molecule has 0 saturated heterocycles. The molecule has 21 heavy (non-hydrogen) atoms. The molecule has 1 aromatic rings. The van der Waals surface area contributed by atoms with E-state index in [1.807, 2.05) is 0 Å². The summed E-state index contributed by atoms with van der Waals surface area (Å²) in [5.74, 6) is 1.65. The van der Waals surface area contributed by atoms with Crippen LogP contribution in [-0.4, -0.2) is 19.2 Å². The molecule has 3 atom stereocenters. The molecule has 1 aliphatic rings. The number of para-hydroxylation sites is 1. The van der Waals surface area contributed by atoms with Gasteiger partial charge >= 0.3 is 0 Å². The molecule has 1 fully saturated rings. The summed E-state index contributed by atoms with van der Waals surface area (Å²) in [7, 11) is 2.08. The molecule has 0 aromatic heterocycles. The quantitative estimate of drug-likeness (QED) is 0.782. The van der Waals surface area contributed by atoms with Crippen LogP contribution < -0.4 is 10.1 Å². The summed E-state index contributed by atoms with van der Waals surface area (Å²) in [5, 5.41) is 3.48. The second-order valence-corrected chi connectivity index (χ2v) is 6.47. The first-order valence-electron chi connectivity index (χ1n) is 8.55. The van der Waals surface area contributed by atoms with Gasteiger partial charge in [-0.15, -0.1) is 0 Å². The monoisotopic (exact) mass is 289 g/mol. The fourth-order valence-electron chi connectivity index (χ4n) is 3.88. The van der Waals surface area contributed by atoms with Crippen molar-refractivity contribution in [2.75, 3.05) is 7.05 Å². The summed E-state index contributed by atoms with van der Waals surface area (Å²) < 4.78 is 6.49. The largest absolute Gasteiger partial charge is 0.489 e. The predicted molar refractivity (Wildman–Crippen MR) is 90.0 cm³/mol. The van der Waals surface area contributed by atoms with Crippen LogP contribution in [0.1, 0.15) is 64.9 Å². The molecule has 1 aliphatic carbocycles. The van der Waals surface area contributed by atoms with Crippen molar-refractivity contribution in [1.29, 1.82) is 0 Å². The van der Waals surface area contributed by atoms with Gasteiger partial charge in [0.05, 0.1) is 0 Å². The van der Waals surface area contributed by atoms with Crippen molar-refractivity contribution in [3.63, 3.8) is 0 Å². The van der Waals surface area contributed by atoms with E-state index in [0.29, 0.717) is 18.1 Å². The first-order chi connectivity index (χ1) is 10.1. The molecule has 0 amide bonds. The standard InChI is InChI=1S/C19H31NO/c1-6-14(4)15-11-9-10-12-16(15)21-18-13-17(20-5)19(18,7-2)8-3/h9-12,14,17-18,20H,6-8,13H2,1-5H3. The van der Waals surface area contributed by atoms with E-state index in [1.165, 1.54) is 18.4 Å². The minimum atomic E-state index is 0.289. The molecule has 2 heteroatoms. The second kappa shape index (κ2) is 6.83. The molecule has 2 rings (SSSR count). The Bertz CT molecular complexity index is 453. The van der Waals surface area contributed by atoms with Gasteiger partial charge in [-0.2, -0.15) is 0 Å². The zero-order chi connectivity index (χ0) is 15.5. The maximum absolute atomic E-state index is 6.49. The Hall–Kier alpha value is -1.02. The number of rotatable bonds is 7. The van der Waals surface area contributed by atoms with Gasteiger partial charge in [-0.1, -0.05) is 45.9 Å². The van der Waals surface area contributed by atoms with Crippen LogP contribution in [0.15, 0.2) is 24.3 Å². The average molecular weight is 289 g/mol. The normalized spacial score (nSPS) is 25.2. The zero-order valence-corrected chi connectivity index (χ0v) is 14.3. The van der Waals surface area contributed by atoms with Crippen molar-refractivity contribution in [1.82, 2.24) is 5.32 Å². The molecule has 1 N–H and O–H groups in total. The van der Waals surface area contributed by atoms with Crippen molar-refractivity contribution < 1.29 is 4.74 Å². The SMILES string of the molecule is CCC(C)c1ccccc1OC1CC(NC)C1(CC)CC. The lowest BCUT2D eigenvalue weighted by Gasteiger charge is -2.55. The van der Waals surface area contributed by atoms with Gasteiger partial charge in [-0.05, 0) is 43.9 Å². The lowest BCUT2D eigenvalue weighted by molar-refractivity contribution is -0.0840. The van der Waals surface area contributed by atoms with Gasteiger partial charge in [0, 0.05) is 17.9 Å². The van der Waals surface area contributed by atoms with Crippen molar-refractivity contribution >= 4 is 0 Å². The van der Waals surface area contributed by atoms with Gasteiger partial charge in [0.2, 0.25) is 0 Å². The Morgan fingerprint density at radius 2 is 1.90 bits per heavy atom. The van der Waals surface area contributed by atoms with E-state index >= 15 is 0 Å². The van der Waals surface area contributed by atoms with Crippen LogP contribution in [-0.2, 0) is 0 Å². The van der Waals surface area contributed by atoms with Gasteiger partial charge in [0.25, 0.3) is 0 Å². The third-order valence-corrected chi connectivity index (χ3v) is 5.78. The van der Waals surface area contributed by atoms with E-state index in [-0.39, 0.29) is 5.41 Å². The predicted octanol–water partition coefficient (Wildman–Crippen LogP) is 4.75. The topological polar surface area (TPSA) is 21.3 Å². The number of benzene rings is 1. The fourth-order valence-corrected chi connectivity index (χ4v) is 3.88. The van der Waals surface area contributed by atoms with E-state index < -0.39 is 0 Å². The zero-order valence-electron chi connectivity index (χ0n) is 14.3. The van der Waals surface area contributed by atoms with Crippen LogP contribution >= 0.6 is 0 Å². The number of hydrogen-bond acceptors (Lipinski definition) is 2. The van der Waals surface area contributed by atoms with Crippen molar-refractivity contribution in [3.05, 3.63) is 29.8 Å². The van der Waals surface area contributed by atoms with E-state index in [1.54, 1.807) is 0 Å². The van der Waals surface area contributed by atoms with Crippen LogP contribution in [0.3, 0.4) is 0 Å². The highest BCUT2D eigenvalue weighted by Crippen LogP contribution is 2.49. The molecule has 0 spiro atoms. The Labute approximate surface area is 130 Å². The molecule has 1 aromatic carbocycles. The molecule has 118 valence electrons. The molecule has 0 bridgehead atoms. The molecule has 0 aliphatic heterocycles. The summed E-state index contributed by atoms with van der Waals surface area (Å²) in [6.07, 6.45) is 4.95. The summed E-state index contributed by atoms with van der Waals surface area (Å²) in [6.45, 7) is 9.12. The highest BCUT2D eigenvalue weighted by atomic mass is 16.5. The highest BCUT2D eigenvalue weighted by molar-refractivity contribution is 5.36. The number of nitrogens with one attached hydrogen (secondary N) is 1. The van der Waals surface area contributed by atoms with Crippen LogP contribution in [0, 0.1) is 5.41 Å². The first kappa shape index (κ1) is 16.4.